The van der Waals surface area contributed by atoms with Gasteiger partial charge in [0.15, 0.2) is 0 Å². The summed E-state index contributed by atoms with van der Waals surface area (Å²) in [5.74, 6) is -0.711. The number of halogens is 2. The zero-order chi connectivity index (χ0) is 18.4. The fourth-order valence-electron chi connectivity index (χ4n) is 2.32. The minimum Gasteiger partial charge on any atom is -0.473 e. The average Bonchev–Trinajstić information content (AvgIpc) is 2.66. The number of nitrogens with one attached hydrogen (secondary N) is 1. The topological polar surface area (TPSA) is 51.2 Å². The Morgan fingerprint density at radius 2 is 1.88 bits per heavy atom. The standard InChI is InChI=1S/C20H16ClFN2O2/c21-16-6-7-17(18(22)11-16)20(25)24-12-15-8-9-23-19(10-15)26-13-14-4-2-1-3-5-14/h1-11H,12-13H2,(H,24,25). The molecule has 0 bridgehead atoms. The van der Waals surface area contributed by atoms with Crippen molar-refractivity contribution < 1.29 is 13.9 Å². The number of benzene rings is 2. The predicted molar refractivity (Wildman–Crippen MR) is 97.6 cm³/mol. The lowest BCUT2D eigenvalue weighted by atomic mass is 10.2. The highest BCUT2D eigenvalue weighted by Gasteiger charge is 2.12. The van der Waals surface area contributed by atoms with Crippen LogP contribution in [-0.4, -0.2) is 10.9 Å². The molecule has 0 radical (unpaired) electrons. The van der Waals surface area contributed by atoms with Crippen molar-refractivity contribution in [2.45, 2.75) is 13.2 Å². The third-order valence-electron chi connectivity index (χ3n) is 3.66. The summed E-state index contributed by atoms with van der Waals surface area (Å²) in [7, 11) is 0. The fourth-order valence-corrected chi connectivity index (χ4v) is 2.48. The lowest BCUT2D eigenvalue weighted by molar-refractivity contribution is 0.0947. The van der Waals surface area contributed by atoms with Crippen molar-refractivity contribution in [3.8, 4) is 5.88 Å². The van der Waals surface area contributed by atoms with Gasteiger partial charge in [-0.2, -0.15) is 0 Å². The molecule has 1 heterocycles. The highest BCUT2D eigenvalue weighted by Crippen LogP contribution is 2.15. The first kappa shape index (κ1) is 17.9. The summed E-state index contributed by atoms with van der Waals surface area (Å²) in [5, 5.41) is 2.92. The first-order valence-electron chi connectivity index (χ1n) is 7.97. The Bertz CT molecular complexity index is 903. The van der Waals surface area contributed by atoms with E-state index in [1.54, 1.807) is 18.3 Å². The van der Waals surface area contributed by atoms with Gasteiger partial charge in [-0.25, -0.2) is 9.37 Å². The van der Waals surface area contributed by atoms with Crippen LogP contribution >= 0.6 is 11.6 Å². The van der Waals surface area contributed by atoms with Crippen LogP contribution in [-0.2, 0) is 13.2 Å². The Labute approximate surface area is 155 Å². The molecule has 1 N–H and O–H groups in total. The minimum absolute atomic E-state index is 0.0518. The molecule has 3 rings (SSSR count). The molecular weight excluding hydrogens is 355 g/mol. The van der Waals surface area contributed by atoms with Crippen LogP contribution in [0.4, 0.5) is 4.39 Å². The van der Waals surface area contributed by atoms with Crippen LogP contribution in [0.15, 0.2) is 66.9 Å². The molecule has 0 aliphatic carbocycles. The summed E-state index contributed by atoms with van der Waals surface area (Å²) in [6, 6.07) is 17.2. The monoisotopic (exact) mass is 370 g/mol. The molecule has 26 heavy (non-hydrogen) atoms. The zero-order valence-corrected chi connectivity index (χ0v) is 14.5. The van der Waals surface area contributed by atoms with E-state index in [-0.39, 0.29) is 17.1 Å². The molecule has 2 aromatic carbocycles. The average molecular weight is 371 g/mol. The van der Waals surface area contributed by atoms with Gasteiger partial charge >= 0.3 is 0 Å². The molecule has 0 unspecified atom stereocenters. The molecule has 1 aromatic heterocycles. The number of hydrogen-bond acceptors (Lipinski definition) is 3. The predicted octanol–water partition coefficient (Wildman–Crippen LogP) is 4.38. The Morgan fingerprint density at radius 3 is 2.65 bits per heavy atom. The normalized spacial score (nSPS) is 10.4. The smallest absolute Gasteiger partial charge is 0.254 e. The Kier molecular flexibility index (Phi) is 5.81. The van der Waals surface area contributed by atoms with Crippen LogP contribution < -0.4 is 10.1 Å². The van der Waals surface area contributed by atoms with Crippen molar-refractivity contribution in [2.24, 2.45) is 0 Å². The Balaban J connectivity index is 1.59. The van der Waals surface area contributed by atoms with Crippen molar-refractivity contribution in [3.05, 3.63) is 94.4 Å². The fraction of sp³-hybridized carbons (Fsp3) is 0.100. The SMILES string of the molecule is O=C(NCc1ccnc(OCc2ccccc2)c1)c1ccc(Cl)cc1F. The first-order chi connectivity index (χ1) is 12.6. The summed E-state index contributed by atoms with van der Waals surface area (Å²) >= 11 is 5.69. The summed E-state index contributed by atoms with van der Waals surface area (Å²) in [4.78, 5) is 16.3. The van der Waals surface area contributed by atoms with Crippen molar-refractivity contribution in [3.63, 3.8) is 0 Å². The van der Waals surface area contributed by atoms with Gasteiger partial charge in [0.1, 0.15) is 12.4 Å². The molecule has 0 saturated carbocycles. The van der Waals surface area contributed by atoms with E-state index in [9.17, 15) is 9.18 Å². The van der Waals surface area contributed by atoms with Gasteiger partial charge in [-0.15, -0.1) is 0 Å². The van der Waals surface area contributed by atoms with Crippen LogP contribution in [0.25, 0.3) is 0 Å². The molecule has 0 saturated heterocycles. The zero-order valence-electron chi connectivity index (χ0n) is 13.8. The van der Waals surface area contributed by atoms with Gasteiger partial charge < -0.3 is 10.1 Å². The van der Waals surface area contributed by atoms with E-state index in [1.165, 1.54) is 12.1 Å². The van der Waals surface area contributed by atoms with Gasteiger partial charge in [0.05, 0.1) is 5.56 Å². The quantitative estimate of drug-likeness (QED) is 0.700. The van der Waals surface area contributed by atoms with Crippen molar-refractivity contribution in [1.82, 2.24) is 10.3 Å². The molecule has 0 aliphatic rings. The molecule has 3 aromatic rings. The molecule has 0 fully saturated rings. The van der Waals surface area contributed by atoms with Crippen LogP contribution in [0.5, 0.6) is 5.88 Å². The third-order valence-corrected chi connectivity index (χ3v) is 3.89. The number of rotatable bonds is 6. The Hall–Kier alpha value is -2.92. The molecular formula is C20H16ClFN2O2. The summed E-state index contributed by atoms with van der Waals surface area (Å²) in [5.41, 5.74) is 1.78. The van der Waals surface area contributed by atoms with E-state index in [2.05, 4.69) is 10.3 Å². The number of amides is 1. The number of carbonyl (C=O) groups is 1. The highest BCUT2D eigenvalue weighted by atomic mass is 35.5. The van der Waals surface area contributed by atoms with Gasteiger partial charge in [-0.1, -0.05) is 41.9 Å². The van der Waals surface area contributed by atoms with E-state index in [0.717, 1.165) is 17.2 Å². The number of ether oxygens (including phenoxy) is 1. The van der Waals surface area contributed by atoms with Gasteiger partial charge in [0.2, 0.25) is 5.88 Å². The maximum atomic E-state index is 13.8. The number of pyridine rings is 1. The Morgan fingerprint density at radius 1 is 1.08 bits per heavy atom. The summed E-state index contributed by atoms with van der Waals surface area (Å²) in [6.07, 6.45) is 1.60. The second-order valence-corrected chi connectivity index (χ2v) is 6.02. The maximum absolute atomic E-state index is 13.8. The van der Waals surface area contributed by atoms with Crippen LogP contribution in [0, 0.1) is 5.82 Å². The van der Waals surface area contributed by atoms with Gasteiger partial charge in [0, 0.05) is 23.8 Å². The number of aromatic nitrogens is 1. The molecule has 0 atom stereocenters. The van der Waals surface area contributed by atoms with Crippen molar-refractivity contribution in [1.29, 1.82) is 0 Å². The van der Waals surface area contributed by atoms with Crippen LogP contribution in [0.2, 0.25) is 5.02 Å². The summed E-state index contributed by atoms with van der Waals surface area (Å²) in [6.45, 7) is 0.630. The van der Waals surface area contributed by atoms with Crippen LogP contribution in [0.3, 0.4) is 0 Å². The van der Waals surface area contributed by atoms with E-state index in [1.807, 2.05) is 30.3 Å². The molecule has 4 nitrogen and oxygen atoms in total. The second kappa shape index (κ2) is 8.45. The van der Waals surface area contributed by atoms with Gasteiger partial charge in [-0.05, 0) is 35.4 Å². The third kappa shape index (κ3) is 4.80. The minimum atomic E-state index is -0.656. The number of nitrogens with zero attached hydrogens (tertiary/aromatic N) is 1. The van der Waals surface area contributed by atoms with E-state index >= 15 is 0 Å². The molecule has 0 aliphatic heterocycles. The van der Waals surface area contributed by atoms with E-state index in [0.29, 0.717) is 12.5 Å². The van der Waals surface area contributed by atoms with E-state index in [4.69, 9.17) is 16.3 Å². The largest absolute Gasteiger partial charge is 0.473 e. The highest BCUT2D eigenvalue weighted by molar-refractivity contribution is 6.30. The second-order valence-electron chi connectivity index (χ2n) is 5.58. The van der Waals surface area contributed by atoms with Crippen molar-refractivity contribution in [2.75, 3.05) is 0 Å². The van der Waals surface area contributed by atoms with Crippen molar-refractivity contribution >= 4 is 17.5 Å². The van der Waals surface area contributed by atoms with Gasteiger partial charge in [-0.3, -0.25) is 4.79 Å². The lowest BCUT2D eigenvalue weighted by Gasteiger charge is -2.09. The maximum Gasteiger partial charge on any atom is 0.254 e. The van der Waals surface area contributed by atoms with Crippen LogP contribution in [0.1, 0.15) is 21.5 Å². The summed E-state index contributed by atoms with van der Waals surface area (Å²) < 4.78 is 19.4. The number of carbonyl (C=O) groups excluding carboxylic acids is 1. The molecule has 132 valence electrons. The first-order valence-corrected chi connectivity index (χ1v) is 8.34. The van der Waals surface area contributed by atoms with Gasteiger partial charge in [0.25, 0.3) is 5.91 Å². The number of hydrogen-bond donors (Lipinski definition) is 1. The molecule has 0 spiro atoms. The molecule has 6 heteroatoms. The lowest BCUT2D eigenvalue weighted by Crippen LogP contribution is -2.23. The molecule has 1 amide bonds. The van der Waals surface area contributed by atoms with E-state index < -0.39 is 11.7 Å².